The molecule has 4 rings (SSSR count). The molecule has 3 aromatic carbocycles. The van der Waals surface area contributed by atoms with E-state index in [4.69, 9.17) is 0 Å². The second kappa shape index (κ2) is 7.27. The maximum absolute atomic E-state index is 13.8. The van der Waals surface area contributed by atoms with Gasteiger partial charge in [-0.25, -0.2) is 4.39 Å². The van der Waals surface area contributed by atoms with Crippen LogP contribution in [0.4, 0.5) is 15.8 Å². The largest absolute Gasteiger partial charge is 0.319 e. The number of carbonyl (C=O) groups is 2. The van der Waals surface area contributed by atoms with Crippen molar-refractivity contribution in [1.82, 2.24) is 0 Å². The van der Waals surface area contributed by atoms with Gasteiger partial charge in [0.05, 0.1) is 5.69 Å². The summed E-state index contributed by atoms with van der Waals surface area (Å²) in [6.07, 6.45) is 0.801. The molecule has 1 aliphatic heterocycles. The molecule has 0 aliphatic carbocycles. The molecule has 1 unspecified atom stereocenters. The molecule has 0 bridgehead atoms. The third kappa shape index (κ3) is 3.27. The fourth-order valence-corrected chi connectivity index (χ4v) is 3.56. The van der Waals surface area contributed by atoms with Crippen molar-refractivity contribution in [3.05, 3.63) is 95.3 Å². The molecule has 1 heterocycles. The summed E-state index contributed by atoms with van der Waals surface area (Å²) in [6, 6.07) is 20.4. The Labute approximate surface area is 162 Å². The standard InChI is InChI=1S/C23H19FN2O2/c1-15-13-16-7-2-5-12-21(16)26(15)23(28)18-9-6-8-17(14-18)22(27)25-20-11-4-3-10-19(20)24/h2-12,14-15H,13H2,1H3,(H,25,27). The minimum atomic E-state index is -0.509. The molecule has 3 aromatic rings. The number of rotatable bonds is 3. The predicted molar refractivity (Wildman–Crippen MR) is 107 cm³/mol. The van der Waals surface area contributed by atoms with Crippen molar-refractivity contribution < 1.29 is 14.0 Å². The number of halogens is 1. The van der Waals surface area contributed by atoms with Crippen molar-refractivity contribution in [3.63, 3.8) is 0 Å². The molecule has 0 saturated carbocycles. The number of anilines is 2. The SMILES string of the molecule is CC1Cc2ccccc2N1C(=O)c1cccc(C(=O)Nc2ccccc2F)c1. The Morgan fingerprint density at radius 2 is 1.68 bits per heavy atom. The van der Waals surface area contributed by atoms with Crippen LogP contribution >= 0.6 is 0 Å². The summed E-state index contributed by atoms with van der Waals surface area (Å²) in [6.45, 7) is 2.01. The quantitative estimate of drug-likeness (QED) is 0.724. The van der Waals surface area contributed by atoms with Gasteiger partial charge >= 0.3 is 0 Å². The summed E-state index contributed by atoms with van der Waals surface area (Å²) < 4.78 is 13.8. The van der Waals surface area contributed by atoms with E-state index in [1.165, 1.54) is 12.1 Å². The molecule has 0 saturated heterocycles. The van der Waals surface area contributed by atoms with Crippen LogP contribution in [0.1, 0.15) is 33.2 Å². The van der Waals surface area contributed by atoms with Crippen molar-refractivity contribution in [3.8, 4) is 0 Å². The number of para-hydroxylation sites is 2. The van der Waals surface area contributed by atoms with E-state index in [0.717, 1.165) is 17.7 Å². The van der Waals surface area contributed by atoms with Gasteiger partial charge in [-0.2, -0.15) is 0 Å². The molecule has 0 aromatic heterocycles. The van der Waals surface area contributed by atoms with Gasteiger partial charge in [-0.05, 0) is 55.3 Å². The van der Waals surface area contributed by atoms with Crippen LogP contribution in [0.2, 0.25) is 0 Å². The first-order valence-corrected chi connectivity index (χ1v) is 9.12. The Bertz CT molecular complexity index is 1060. The molecule has 1 aliphatic rings. The summed E-state index contributed by atoms with van der Waals surface area (Å²) in [4.78, 5) is 27.4. The molecule has 140 valence electrons. The van der Waals surface area contributed by atoms with Crippen LogP contribution in [0.25, 0.3) is 0 Å². The maximum atomic E-state index is 13.8. The van der Waals surface area contributed by atoms with Crippen molar-refractivity contribution in [2.75, 3.05) is 10.2 Å². The van der Waals surface area contributed by atoms with Crippen LogP contribution in [0.3, 0.4) is 0 Å². The number of benzene rings is 3. The summed E-state index contributed by atoms with van der Waals surface area (Å²) in [5.41, 5.74) is 2.86. The minimum Gasteiger partial charge on any atom is -0.319 e. The normalized spacial score (nSPS) is 15.2. The molecule has 0 radical (unpaired) electrons. The Kier molecular flexibility index (Phi) is 4.65. The predicted octanol–water partition coefficient (Wildman–Crippen LogP) is 4.67. The third-order valence-electron chi connectivity index (χ3n) is 4.92. The molecule has 5 heteroatoms. The molecule has 0 spiro atoms. The fraction of sp³-hybridized carbons (Fsp3) is 0.130. The van der Waals surface area contributed by atoms with Crippen molar-refractivity contribution in [2.24, 2.45) is 0 Å². The molecule has 0 fully saturated rings. The van der Waals surface area contributed by atoms with E-state index in [1.807, 2.05) is 31.2 Å². The highest BCUT2D eigenvalue weighted by molar-refractivity contribution is 6.10. The summed E-state index contributed by atoms with van der Waals surface area (Å²) >= 11 is 0. The maximum Gasteiger partial charge on any atom is 0.258 e. The van der Waals surface area contributed by atoms with Crippen molar-refractivity contribution in [2.45, 2.75) is 19.4 Å². The van der Waals surface area contributed by atoms with Crippen LogP contribution in [0, 0.1) is 5.82 Å². The lowest BCUT2D eigenvalue weighted by molar-refractivity contribution is 0.0981. The Morgan fingerprint density at radius 1 is 0.964 bits per heavy atom. The monoisotopic (exact) mass is 374 g/mol. The van der Waals surface area contributed by atoms with E-state index in [9.17, 15) is 14.0 Å². The number of nitrogens with zero attached hydrogens (tertiary/aromatic N) is 1. The third-order valence-corrected chi connectivity index (χ3v) is 4.92. The van der Waals surface area contributed by atoms with Crippen LogP contribution in [-0.4, -0.2) is 17.9 Å². The first-order chi connectivity index (χ1) is 13.5. The lowest BCUT2D eigenvalue weighted by atomic mass is 10.1. The average Bonchev–Trinajstić information content (AvgIpc) is 3.05. The van der Waals surface area contributed by atoms with Gasteiger partial charge in [-0.15, -0.1) is 0 Å². The number of hydrogen-bond donors (Lipinski definition) is 1. The van der Waals surface area contributed by atoms with Gasteiger partial charge in [0.2, 0.25) is 0 Å². The van der Waals surface area contributed by atoms with Gasteiger partial charge < -0.3 is 10.2 Å². The average molecular weight is 374 g/mol. The lowest BCUT2D eigenvalue weighted by Gasteiger charge is -2.23. The van der Waals surface area contributed by atoms with Crippen LogP contribution in [-0.2, 0) is 6.42 Å². The Balaban J connectivity index is 1.60. The second-order valence-corrected chi connectivity index (χ2v) is 6.87. The van der Waals surface area contributed by atoms with E-state index in [2.05, 4.69) is 5.32 Å². The van der Waals surface area contributed by atoms with Crippen molar-refractivity contribution in [1.29, 1.82) is 0 Å². The zero-order valence-electron chi connectivity index (χ0n) is 15.4. The van der Waals surface area contributed by atoms with Crippen LogP contribution < -0.4 is 10.2 Å². The Morgan fingerprint density at radius 3 is 2.50 bits per heavy atom. The first-order valence-electron chi connectivity index (χ1n) is 9.12. The first kappa shape index (κ1) is 17.9. The van der Waals surface area contributed by atoms with Gasteiger partial charge in [-0.3, -0.25) is 9.59 Å². The van der Waals surface area contributed by atoms with Gasteiger partial charge in [-0.1, -0.05) is 36.4 Å². The highest BCUT2D eigenvalue weighted by Gasteiger charge is 2.31. The van der Waals surface area contributed by atoms with E-state index < -0.39 is 11.7 Å². The second-order valence-electron chi connectivity index (χ2n) is 6.87. The molecule has 1 N–H and O–H groups in total. The van der Waals surface area contributed by atoms with E-state index in [-0.39, 0.29) is 17.6 Å². The highest BCUT2D eigenvalue weighted by atomic mass is 19.1. The van der Waals surface area contributed by atoms with Crippen LogP contribution in [0.15, 0.2) is 72.8 Å². The lowest BCUT2D eigenvalue weighted by Crippen LogP contribution is -2.35. The number of nitrogens with one attached hydrogen (secondary N) is 1. The van der Waals surface area contributed by atoms with Crippen LogP contribution in [0.5, 0.6) is 0 Å². The molecule has 2 amide bonds. The highest BCUT2D eigenvalue weighted by Crippen LogP contribution is 2.33. The summed E-state index contributed by atoms with van der Waals surface area (Å²) in [5.74, 6) is -1.13. The zero-order valence-corrected chi connectivity index (χ0v) is 15.4. The van der Waals surface area contributed by atoms with Gasteiger partial charge in [0.25, 0.3) is 11.8 Å². The van der Waals surface area contributed by atoms with E-state index >= 15 is 0 Å². The Hall–Kier alpha value is -3.47. The number of hydrogen-bond acceptors (Lipinski definition) is 2. The number of fused-ring (bicyclic) bond motifs is 1. The molecule has 4 nitrogen and oxygen atoms in total. The van der Waals surface area contributed by atoms with Gasteiger partial charge in [0.1, 0.15) is 5.82 Å². The smallest absolute Gasteiger partial charge is 0.258 e. The van der Waals surface area contributed by atoms with Crippen molar-refractivity contribution >= 4 is 23.2 Å². The molecular weight excluding hydrogens is 355 g/mol. The molecule has 28 heavy (non-hydrogen) atoms. The van der Waals surface area contributed by atoms with E-state index in [0.29, 0.717) is 11.1 Å². The van der Waals surface area contributed by atoms with E-state index in [1.54, 1.807) is 41.3 Å². The van der Waals surface area contributed by atoms with Gasteiger partial charge in [0, 0.05) is 22.9 Å². The molecule has 1 atom stereocenters. The minimum absolute atomic E-state index is 0.0424. The zero-order chi connectivity index (χ0) is 19.7. The molecular formula is C23H19FN2O2. The fourth-order valence-electron chi connectivity index (χ4n) is 3.56. The van der Waals surface area contributed by atoms with Gasteiger partial charge in [0.15, 0.2) is 0 Å². The number of carbonyl (C=O) groups excluding carboxylic acids is 2. The summed E-state index contributed by atoms with van der Waals surface area (Å²) in [5, 5.41) is 2.55. The number of amides is 2. The topological polar surface area (TPSA) is 49.4 Å². The summed E-state index contributed by atoms with van der Waals surface area (Å²) in [7, 11) is 0.